The van der Waals surface area contributed by atoms with Crippen LogP contribution in [0.25, 0.3) is 0 Å². The Hall–Kier alpha value is -1.23. The summed E-state index contributed by atoms with van der Waals surface area (Å²) < 4.78 is 5.08. The lowest BCUT2D eigenvalue weighted by atomic mass is 10.4. The van der Waals surface area contributed by atoms with Crippen molar-refractivity contribution in [3.63, 3.8) is 0 Å². The molecule has 0 aliphatic carbocycles. The average molecular weight is 183 g/mol. The van der Waals surface area contributed by atoms with Crippen molar-refractivity contribution >= 4 is 17.2 Å². The zero-order chi connectivity index (χ0) is 8.97. The number of rotatable bonds is 3. The van der Waals surface area contributed by atoms with Crippen molar-refractivity contribution in [3.05, 3.63) is 18.1 Å². The molecular formula is C7H9N3OS. The van der Waals surface area contributed by atoms with Crippen LogP contribution in [0.3, 0.4) is 0 Å². The Morgan fingerprint density at radius 1 is 1.58 bits per heavy atom. The van der Waals surface area contributed by atoms with Crippen LogP contribution in [0.5, 0.6) is 5.88 Å². The molecule has 1 aromatic rings. The van der Waals surface area contributed by atoms with Crippen LogP contribution in [0.15, 0.2) is 12.4 Å². The molecule has 0 saturated heterocycles. The molecule has 1 aromatic heterocycles. The minimum absolute atomic E-state index is 0.241. The first-order valence-corrected chi connectivity index (χ1v) is 3.89. The highest BCUT2D eigenvalue weighted by Gasteiger charge is 1.98. The molecule has 0 aliphatic heterocycles. The number of hydrogen-bond acceptors (Lipinski definition) is 4. The molecule has 0 aromatic carbocycles. The summed E-state index contributed by atoms with van der Waals surface area (Å²) in [5.74, 6) is 0.484. The van der Waals surface area contributed by atoms with Crippen molar-refractivity contribution in [2.75, 3.05) is 6.61 Å². The molecule has 4 nitrogen and oxygen atoms in total. The normalized spacial score (nSPS) is 9.42. The summed E-state index contributed by atoms with van der Waals surface area (Å²) in [7, 11) is 0. The van der Waals surface area contributed by atoms with Crippen molar-refractivity contribution < 1.29 is 4.74 Å². The maximum absolute atomic E-state index is 5.33. The first-order chi connectivity index (χ1) is 5.74. The van der Waals surface area contributed by atoms with E-state index < -0.39 is 0 Å². The van der Waals surface area contributed by atoms with Crippen LogP contribution in [0.2, 0.25) is 0 Å². The molecule has 0 amide bonds. The van der Waals surface area contributed by atoms with E-state index in [1.807, 2.05) is 6.92 Å². The van der Waals surface area contributed by atoms with E-state index in [9.17, 15) is 0 Å². The Labute approximate surface area is 75.8 Å². The van der Waals surface area contributed by atoms with Gasteiger partial charge in [0.25, 0.3) is 0 Å². The molecule has 0 spiro atoms. The van der Waals surface area contributed by atoms with Crippen molar-refractivity contribution in [1.29, 1.82) is 0 Å². The summed E-state index contributed by atoms with van der Waals surface area (Å²) in [4.78, 5) is 8.12. The van der Waals surface area contributed by atoms with Gasteiger partial charge in [-0.15, -0.1) is 0 Å². The van der Waals surface area contributed by atoms with Crippen molar-refractivity contribution in [3.8, 4) is 5.88 Å². The van der Waals surface area contributed by atoms with Crippen molar-refractivity contribution in [2.24, 2.45) is 5.73 Å². The van der Waals surface area contributed by atoms with Crippen molar-refractivity contribution in [1.82, 2.24) is 9.97 Å². The van der Waals surface area contributed by atoms with Gasteiger partial charge in [0.1, 0.15) is 10.7 Å². The molecule has 12 heavy (non-hydrogen) atoms. The van der Waals surface area contributed by atoms with E-state index in [4.69, 9.17) is 22.7 Å². The van der Waals surface area contributed by atoms with Gasteiger partial charge in [0.05, 0.1) is 19.0 Å². The fraction of sp³-hybridized carbons (Fsp3) is 0.286. The highest BCUT2D eigenvalue weighted by Crippen LogP contribution is 2.02. The van der Waals surface area contributed by atoms with Gasteiger partial charge < -0.3 is 10.5 Å². The van der Waals surface area contributed by atoms with Crippen LogP contribution in [0, 0.1) is 0 Å². The van der Waals surface area contributed by atoms with Gasteiger partial charge in [-0.25, -0.2) is 9.97 Å². The summed E-state index contributed by atoms with van der Waals surface area (Å²) in [6.07, 6.45) is 2.99. The van der Waals surface area contributed by atoms with Crippen LogP contribution in [-0.2, 0) is 0 Å². The zero-order valence-corrected chi connectivity index (χ0v) is 7.47. The van der Waals surface area contributed by atoms with E-state index in [0.29, 0.717) is 18.2 Å². The lowest BCUT2D eigenvalue weighted by Crippen LogP contribution is -2.12. The molecule has 0 aliphatic rings. The van der Waals surface area contributed by atoms with Gasteiger partial charge in [0.15, 0.2) is 0 Å². The predicted octanol–water partition coefficient (Wildman–Crippen LogP) is 0.509. The van der Waals surface area contributed by atoms with E-state index in [-0.39, 0.29) is 4.99 Å². The minimum Gasteiger partial charge on any atom is -0.477 e. The summed E-state index contributed by atoms with van der Waals surface area (Å²) in [6.45, 7) is 2.45. The molecule has 0 fully saturated rings. The molecule has 0 atom stereocenters. The van der Waals surface area contributed by atoms with E-state index >= 15 is 0 Å². The first-order valence-electron chi connectivity index (χ1n) is 3.48. The molecular weight excluding hydrogens is 174 g/mol. The summed E-state index contributed by atoms with van der Waals surface area (Å²) in [5.41, 5.74) is 5.83. The Kier molecular flexibility index (Phi) is 2.93. The number of ether oxygens (including phenoxy) is 1. The SMILES string of the molecule is CCOc1cnc(C(N)=S)cn1. The molecule has 0 bridgehead atoms. The van der Waals surface area contributed by atoms with Crippen LogP contribution >= 0.6 is 12.2 Å². The Morgan fingerprint density at radius 3 is 2.75 bits per heavy atom. The van der Waals surface area contributed by atoms with Gasteiger partial charge in [-0.05, 0) is 6.92 Å². The highest BCUT2D eigenvalue weighted by atomic mass is 32.1. The summed E-state index contributed by atoms with van der Waals surface area (Å²) in [6, 6.07) is 0. The Morgan fingerprint density at radius 2 is 2.33 bits per heavy atom. The molecule has 5 heteroatoms. The van der Waals surface area contributed by atoms with Crippen molar-refractivity contribution in [2.45, 2.75) is 6.92 Å². The Balaban J connectivity index is 2.78. The van der Waals surface area contributed by atoms with Crippen LogP contribution in [0.4, 0.5) is 0 Å². The third-order valence-corrected chi connectivity index (χ3v) is 1.38. The molecule has 2 N–H and O–H groups in total. The summed E-state index contributed by atoms with van der Waals surface area (Å²) >= 11 is 4.70. The van der Waals surface area contributed by atoms with Gasteiger partial charge in [-0.2, -0.15) is 0 Å². The zero-order valence-electron chi connectivity index (χ0n) is 6.65. The smallest absolute Gasteiger partial charge is 0.232 e. The van der Waals surface area contributed by atoms with Gasteiger partial charge in [-0.1, -0.05) is 12.2 Å². The van der Waals surface area contributed by atoms with Crippen LogP contribution in [0.1, 0.15) is 12.6 Å². The van der Waals surface area contributed by atoms with Gasteiger partial charge in [0.2, 0.25) is 5.88 Å². The second-order valence-corrected chi connectivity index (χ2v) is 2.48. The third kappa shape index (κ3) is 2.13. The van der Waals surface area contributed by atoms with Gasteiger partial charge in [0, 0.05) is 0 Å². The topological polar surface area (TPSA) is 61.0 Å². The Bertz CT molecular complexity index is 272. The fourth-order valence-corrected chi connectivity index (χ4v) is 0.771. The van der Waals surface area contributed by atoms with E-state index in [1.165, 1.54) is 12.4 Å². The molecule has 1 rings (SSSR count). The molecule has 64 valence electrons. The standard InChI is InChI=1S/C7H9N3OS/c1-2-11-6-4-9-5(3-10-6)7(8)12/h3-4H,2H2,1H3,(H2,8,12). The largest absolute Gasteiger partial charge is 0.477 e. The van der Waals surface area contributed by atoms with Crippen LogP contribution < -0.4 is 10.5 Å². The number of hydrogen-bond donors (Lipinski definition) is 1. The molecule has 0 saturated carbocycles. The third-order valence-electron chi connectivity index (χ3n) is 1.17. The summed E-state index contributed by atoms with van der Waals surface area (Å²) in [5, 5.41) is 0. The average Bonchev–Trinajstić information content (AvgIpc) is 2.06. The van der Waals surface area contributed by atoms with Gasteiger partial charge >= 0.3 is 0 Å². The highest BCUT2D eigenvalue weighted by molar-refractivity contribution is 7.80. The first kappa shape index (κ1) is 8.86. The second-order valence-electron chi connectivity index (χ2n) is 2.04. The minimum atomic E-state index is 0.241. The maximum atomic E-state index is 5.33. The number of aromatic nitrogens is 2. The van der Waals surface area contributed by atoms with E-state index in [2.05, 4.69) is 9.97 Å². The van der Waals surface area contributed by atoms with E-state index in [1.54, 1.807) is 0 Å². The van der Waals surface area contributed by atoms with Crippen LogP contribution in [-0.4, -0.2) is 21.6 Å². The number of nitrogens with zero attached hydrogens (tertiary/aromatic N) is 2. The molecule has 1 heterocycles. The lowest BCUT2D eigenvalue weighted by molar-refractivity contribution is 0.325. The number of nitrogens with two attached hydrogens (primary N) is 1. The van der Waals surface area contributed by atoms with Gasteiger partial charge in [-0.3, -0.25) is 0 Å². The lowest BCUT2D eigenvalue weighted by Gasteiger charge is -2.00. The molecule has 0 radical (unpaired) electrons. The monoisotopic (exact) mass is 183 g/mol. The fourth-order valence-electron chi connectivity index (χ4n) is 0.666. The maximum Gasteiger partial charge on any atom is 0.232 e. The predicted molar refractivity (Wildman–Crippen MR) is 49.1 cm³/mol. The second kappa shape index (κ2) is 3.96. The quantitative estimate of drug-likeness (QED) is 0.692. The van der Waals surface area contributed by atoms with E-state index in [0.717, 1.165) is 0 Å². The molecule has 0 unspecified atom stereocenters. The number of thiocarbonyl (C=S) groups is 1.